The van der Waals surface area contributed by atoms with E-state index in [1.807, 2.05) is 18.7 Å². The second kappa shape index (κ2) is 4.37. The molecule has 4 nitrogen and oxygen atoms in total. The van der Waals surface area contributed by atoms with Crippen molar-refractivity contribution in [1.82, 2.24) is 10.3 Å². The van der Waals surface area contributed by atoms with E-state index in [1.165, 1.54) is 12.8 Å². The van der Waals surface area contributed by atoms with Crippen molar-refractivity contribution in [3.63, 3.8) is 0 Å². The van der Waals surface area contributed by atoms with Crippen LogP contribution >= 0.6 is 11.8 Å². The number of oxazole rings is 1. The molecule has 17 heavy (non-hydrogen) atoms. The van der Waals surface area contributed by atoms with Gasteiger partial charge >= 0.3 is 0 Å². The van der Waals surface area contributed by atoms with Gasteiger partial charge in [0, 0.05) is 5.25 Å². The van der Waals surface area contributed by atoms with Crippen LogP contribution in [-0.2, 0) is 0 Å². The van der Waals surface area contributed by atoms with E-state index in [0.717, 1.165) is 29.3 Å². The molecular weight excluding hydrogens is 234 g/mol. The molecule has 0 saturated heterocycles. The lowest BCUT2D eigenvalue weighted by atomic mass is 10.3. The summed E-state index contributed by atoms with van der Waals surface area (Å²) in [6.45, 7) is 4.93. The van der Waals surface area contributed by atoms with Gasteiger partial charge in [0.1, 0.15) is 11.8 Å². The Labute approximate surface area is 105 Å². The van der Waals surface area contributed by atoms with Crippen LogP contribution in [0.1, 0.15) is 37.5 Å². The second-order valence-corrected chi connectivity index (χ2v) is 6.04. The Hall–Kier alpha value is -0.970. The van der Waals surface area contributed by atoms with Crippen molar-refractivity contribution < 1.29 is 4.42 Å². The molecule has 5 heteroatoms. The molecule has 0 bridgehead atoms. The van der Waals surface area contributed by atoms with Crippen molar-refractivity contribution in [2.45, 2.75) is 38.0 Å². The Kier molecular flexibility index (Phi) is 2.86. The molecule has 0 radical (unpaired) electrons. The third kappa shape index (κ3) is 2.49. The molecule has 1 fully saturated rings. The van der Waals surface area contributed by atoms with Crippen LogP contribution in [0.5, 0.6) is 0 Å². The van der Waals surface area contributed by atoms with Gasteiger partial charge in [0.05, 0.1) is 12.7 Å². The molecule has 2 unspecified atom stereocenters. The highest BCUT2D eigenvalue weighted by Gasteiger charge is 2.35. The van der Waals surface area contributed by atoms with Gasteiger partial charge in [0.15, 0.2) is 5.17 Å². The van der Waals surface area contributed by atoms with Crippen LogP contribution < -0.4 is 5.32 Å². The van der Waals surface area contributed by atoms with E-state index in [2.05, 4.69) is 22.2 Å². The number of nitrogens with zero attached hydrogens (tertiary/aromatic N) is 2. The smallest absolute Gasteiger partial charge is 0.216 e. The van der Waals surface area contributed by atoms with E-state index in [1.54, 1.807) is 6.20 Å². The molecule has 1 aliphatic carbocycles. The minimum Gasteiger partial charge on any atom is -0.444 e. The van der Waals surface area contributed by atoms with Crippen LogP contribution in [0.3, 0.4) is 0 Å². The van der Waals surface area contributed by atoms with Gasteiger partial charge in [0.25, 0.3) is 0 Å². The molecule has 3 rings (SSSR count). The topological polar surface area (TPSA) is 50.4 Å². The van der Waals surface area contributed by atoms with Gasteiger partial charge < -0.3 is 9.73 Å². The lowest BCUT2D eigenvalue weighted by Gasteiger charge is -2.12. The minimum absolute atomic E-state index is 0.0907. The Bertz CT molecular complexity index is 439. The highest BCUT2D eigenvalue weighted by molar-refractivity contribution is 8.14. The number of rotatable bonds is 3. The van der Waals surface area contributed by atoms with E-state index in [0.29, 0.717) is 5.25 Å². The Morgan fingerprint density at radius 1 is 1.53 bits per heavy atom. The van der Waals surface area contributed by atoms with Crippen molar-refractivity contribution in [2.75, 3.05) is 6.54 Å². The molecule has 92 valence electrons. The minimum atomic E-state index is 0.0907. The van der Waals surface area contributed by atoms with Crippen LogP contribution in [0, 0.1) is 12.8 Å². The first-order chi connectivity index (χ1) is 8.22. The third-order valence-electron chi connectivity index (χ3n) is 3.18. The van der Waals surface area contributed by atoms with Crippen molar-refractivity contribution in [3.8, 4) is 0 Å². The molecule has 1 saturated carbocycles. The highest BCUT2D eigenvalue weighted by Crippen LogP contribution is 2.41. The summed E-state index contributed by atoms with van der Waals surface area (Å²) in [5.74, 6) is 2.49. The van der Waals surface area contributed by atoms with Gasteiger partial charge in [-0.05, 0) is 32.6 Å². The number of hydrogen-bond acceptors (Lipinski definition) is 5. The SMILES string of the molecule is Cc1cnc(C(C)NC2=NCC(C3CC3)S2)o1. The monoisotopic (exact) mass is 251 g/mol. The Morgan fingerprint density at radius 2 is 2.35 bits per heavy atom. The van der Waals surface area contributed by atoms with Crippen molar-refractivity contribution in [1.29, 1.82) is 0 Å². The predicted molar refractivity (Wildman–Crippen MR) is 69.2 cm³/mol. The van der Waals surface area contributed by atoms with Crippen molar-refractivity contribution in [3.05, 3.63) is 17.8 Å². The summed E-state index contributed by atoms with van der Waals surface area (Å²) in [6, 6.07) is 0.0907. The number of aromatic nitrogens is 1. The molecule has 0 spiro atoms. The van der Waals surface area contributed by atoms with Crippen LogP contribution in [-0.4, -0.2) is 21.9 Å². The van der Waals surface area contributed by atoms with E-state index < -0.39 is 0 Å². The zero-order valence-corrected chi connectivity index (χ0v) is 11.0. The van der Waals surface area contributed by atoms with Gasteiger partial charge in [-0.2, -0.15) is 0 Å². The zero-order valence-electron chi connectivity index (χ0n) is 10.1. The molecule has 0 aromatic carbocycles. The number of nitrogens with one attached hydrogen (secondary N) is 1. The van der Waals surface area contributed by atoms with E-state index in [4.69, 9.17) is 4.42 Å². The van der Waals surface area contributed by atoms with Gasteiger partial charge in [0.2, 0.25) is 5.89 Å². The molecule has 0 amide bonds. The van der Waals surface area contributed by atoms with Crippen LogP contribution in [0.2, 0.25) is 0 Å². The van der Waals surface area contributed by atoms with Gasteiger partial charge in [-0.1, -0.05) is 11.8 Å². The molecular formula is C12H17N3OS. The number of thioether (sulfide) groups is 1. The van der Waals surface area contributed by atoms with Gasteiger partial charge in [-0.3, -0.25) is 4.99 Å². The lowest BCUT2D eigenvalue weighted by molar-refractivity contribution is 0.430. The second-order valence-electron chi connectivity index (χ2n) is 4.81. The first kappa shape index (κ1) is 11.1. The fraction of sp³-hybridized carbons (Fsp3) is 0.667. The maximum Gasteiger partial charge on any atom is 0.216 e. The zero-order chi connectivity index (χ0) is 11.8. The van der Waals surface area contributed by atoms with E-state index in [-0.39, 0.29) is 6.04 Å². The summed E-state index contributed by atoms with van der Waals surface area (Å²) in [7, 11) is 0. The van der Waals surface area contributed by atoms with Crippen molar-refractivity contribution in [2.24, 2.45) is 10.9 Å². The largest absolute Gasteiger partial charge is 0.444 e. The molecule has 2 aliphatic rings. The summed E-state index contributed by atoms with van der Waals surface area (Å²) in [4.78, 5) is 8.78. The van der Waals surface area contributed by atoms with Gasteiger partial charge in [-0.15, -0.1) is 0 Å². The third-order valence-corrected chi connectivity index (χ3v) is 4.48. The number of hydrogen-bond donors (Lipinski definition) is 1. The number of aliphatic imine (C=N–C) groups is 1. The quantitative estimate of drug-likeness (QED) is 0.896. The fourth-order valence-corrected chi connectivity index (χ4v) is 3.30. The fourth-order valence-electron chi connectivity index (χ4n) is 2.00. The number of aryl methyl sites for hydroxylation is 1. The maximum atomic E-state index is 5.50. The average Bonchev–Trinajstić information content (AvgIpc) is 2.90. The molecule has 1 aromatic rings. The summed E-state index contributed by atoms with van der Waals surface area (Å²) in [5.41, 5.74) is 0. The molecule has 1 aromatic heterocycles. The van der Waals surface area contributed by atoms with E-state index >= 15 is 0 Å². The van der Waals surface area contributed by atoms with Crippen molar-refractivity contribution >= 4 is 16.9 Å². The molecule has 2 atom stereocenters. The summed E-state index contributed by atoms with van der Waals surface area (Å²) < 4.78 is 5.50. The van der Waals surface area contributed by atoms with Gasteiger partial charge in [-0.25, -0.2) is 4.98 Å². The van der Waals surface area contributed by atoms with Crippen LogP contribution in [0.25, 0.3) is 0 Å². The summed E-state index contributed by atoms with van der Waals surface area (Å²) in [6.07, 6.45) is 4.52. The van der Waals surface area contributed by atoms with Crippen LogP contribution in [0.4, 0.5) is 0 Å². The Morgan fingerprint density at radius 3 is 3.00 bits per heavy atom. The van der Waals surface area contributed by atoms with E-state index in [9.17, 15) is 0 Å². The predicted octanol–water partition coefficient (Wildman–Crippen LogP) is 2.52. The molecule has 2 heterocycles. The first-order valence-corrected chi connectivity index (χ1v) is 7.00. The highest BCUT2D eigenvalue weighted by atomic mass is 32.2. The average molecular weight is 251 g/mol. The number of amidine groups is 1. The molecule has 1 N–H and O–H groups in total. The normalized spacial score (nSPS) is 25.8. The Balaban J connectivity index is 1.56. The molecule has 1 aliphatic heterocycles. The lowest BCUT2D eigenvalue weighted by Crippen LogP contribution is -2.23. The standard InChI is InChI=1S/C12H17N3OS/c1-7-5-13-11(16-7)8(2)15-12-14-6-10(17-12)9-3-4-9/h5,8-10H,3-4,6H2,1-2H3,(H,14,15). The maximum absolute atomic E-state index is 5.50. The summed E-state index contributed by atoms with van der Waals surface area (Å²) >= 11 is 1.88. The van der Waals surface area contributed by atoms with Crippen LogP contribution in [0.15, 0.2) is 15.6 Å². The first-order valence-electron chi connectivity index (χ1n) is 6.12. The summed E-state index contributed by atoms with van der Waals surface area (Å²) in [5, 5.41) is 5.13.